The van der Waals surface area contributed by atoms with E-state index in [0.29, 0.717) is 16.7 Å². The van der Waals surface area contributed by atoms with Gasteiger partial charge in [0.15, 0.2) is 0 Å². The number of anilines is 2. The van der Waals surface area contributed by atoms with Crippen LogP contribution in [-0.2, 0) is 9.52 Å². The Balaban J connectivity index is 1.86. The van der Waals surface area contributed by atoms with Crippen molar-refractivity contribution < 1.29 is 14.1 Å². The summed E-state index contributed by atoms with van der Waals surface area (Å²) in [6, 6.07) is 11.0. The molecule has 0 radical (unpaired) electrons. The molecule has 1 unspecified atom stereocenters. The highest BCUT2D eigenvalue weighted by molar-refractivity contribution is 7.99. The molecule has 26 heavy (non-hydrogen) atoms. The number of thiophene rings is 1. The van der Waals surface area contributed by atoms with Crippen LogP contribution < -0.4 is 10.1 Å². The summed E-state index contributed by atoms with van der Waals surface area (Å²) in [5.41, 5.74) is 1.53. The van der Waals surface area contributed by atoms with Crippen molar-refractivity contribution in [2.45, 2.75) is 4.90 Å². The topological polar surface area (TPSA) is 84.3 Å². The number of hydrogen-bond donors (Lipinski definition) is 2. The van der Waals surface area contributed by atoms with E-state index in [0.717, 1.165) is 16.1 Å². The van der Waals surface area contributed by atoms with Gasteiger partial charge in [-0.2, -0.15) is 4.98 Å². The fourth-order valence-electron chi connectivity index (χ4n) is 2.23. The van der Waals surface area contributed by atoms with Gasteiger partial charge in [-0.15, -0.1) is 11.3 Å². The van der Waals surface area contributed by atoms with Crippen LogP contribution in [0.5, 0.6) is 5.88 Å². The van der Waals surface area contributed by atoms with E-state index in [1.165, 1.54) is 0 Å². The zero-order valence-corrected chi connectivity index (χ0v) is 15.8. The van der Waals surface area contributed by atoms with Crippen molar-refractivity contribution in [2.75, 3.05) is 24.8 Å². The van der Waals surface area contributed by atoms with Gasteiger partial charge >= 0.3 is 0 Å². The minimum Gasteiger partial charge on any atom is -0.475 e. The second kappa shape index (κ2) is 7.86. The summed E-state index contributed by atoms with van der Waals surface area (Å²) in [5.74, 6) is 4.46. The molecule has 0 aliphatic heterocycles. The van der Waals surface area contributed by atoms with Gasteiger partial charge in [-0.3, -0.25) is 4.21 Å². The van der Waals surface area contributed by atoms with Crippen LogP contribution in [0.15, 0.2) is 52.9 Å². The average molecular weight is 390 g/mol. The SMILES string of the molecule is C=S(C)(=O)c1ccc(Nc2ncc(-c3cccs3)c(OCCO)n2)cc1. The molecular weight excluding hydrogens is 370 g/mol. The second-order valence-electron chi connectivity index (χ2n) is 5.62. The van der Waals surface area contributed by atoms with E-state index in [9.17, 15) is 4.21 Å². The summed E-state index contributed by atoms with van der Waals surface area (Å²) in [7, 11) is -2.24. The molecule has 1 aromatic carbocycles. The van der Waals surface area contributed by atoms with Crippen LogP contribution in [0.3, 0.4) is 0 Å². The van der Waals surface area contributed by atoms with Gasteiger partial charge in [0.25, 0.3) is 0 Å². The lowest BCUT2D eigenvalue weighted by atomic mass is 10.2. The lowest BCUT2D eigenvalue weighted by Crippen LogP contribution is -2.06. The highest BCUT2D eigenvalue weighted by Crippen LogP contribution is 2.32. The number of rotatable bonds is 7. The van der Waals surface area contributed by atoms with Crippen molar-refractivity contribution in [1.82, 2.24) is 9.97 Å². The second-order valence-corrected chi connectivity index (χ2v) is 9.05. The normalized spacial score (nSPS) is 13.2. The first-order valence-electron chi connectivity index (χ1n) is 7.81. The van der Waals surface area contributed by atoms with Crippen LogP contribution in [0.25, 0.3) is 10.4 Å². The first-order chi connectivity index (χ1) is 12.5. The van der Waals surface area contributed by atoms with E-state index >= 15 is 0 Å². The molecule has 2 aromatic heterocycles. The molecule has 3 aromatic rings. The first-order valence-corrected chi connectivity index (χ1v) is 10.8. The van der Waals surface area contributed by atoms with Crippen LogP contribution in [0.2, 0.25) is 0 Å². The van der Waals surface area contributed by atoms with Crippen LogP contribution in [-0.4, -0.2) is 44.6 Å². The smallest absolute Gasteiger partial charge is 0.230 e. The maximum absolute atomic E-state index is 12.0. The number of ether oxygens (including phenoxy) is 1. The zero-order valence-electron chi connectivity index (χ0n) is 14.2. The fraction of sp³-hybridized carbons (Fsp3) is 0.167. The lowest BCUT2D eigenvalue weighted by molar-refractivity contribution is 0.197. The van der Waals surface area contributed by atoms with Gasteiger partial charge in [0, 0.05) is 27.9 Å². The predicted molar refractivity (Wildman–Crippen MR) is 107 cm³/mol. The Labute approximate surface area is 156 Å². The van der Waals surface area contributed by atoms with E-state index in [4.69, 9.17) is 9.84 Å². The van der Waals surface area contributed by atoms with Gasteiger partial charge in [-0.25, -0.2) is 4.98 Å². The molecular formula is C18H19N3O3S2. The van der Waals surface area contributed by atoms with Gasteiger partial charge in [0.05, 0.1) is 12.2 Å². The summed E-state index contributed by atoms with van der Waals surface area (Å²) >= 11 is 1.56. The molecule has 136 valence electrons. The van der Waals surface area contributed by atoms with E-state index in [2.05, 4.69) is 21.2 Å². The standard InChI is InChI=1S/C18H19N3O3S2/c1-26(2,23)14-7-5-13(6-8-14)20-18-19-12-15(16-4-3-11-25-16)17(21-18)24-10-9-22/h3-8,11-12,22H,1,9-10H2,2H3,(H,19,20,21). The van der Waals surface area contributed by atoms with E-state index in [1.54, 1.807) is 48.1 Å². The third-order valence-electron chi connectivity index (χ3n) is 3.48. The zero-order chi connectivity index (χ0) is 18.6. The number of aliphatic hydroxyl groups is 1. The Kier molecular flexibility index (Phi) is 5.55. The van der Waals surface area contributed by atoms with Crippen LogP contribution in [0, 0.1) is 0 Å². The summed E-state index contributed by atoms with van der Waals surface area (Å²) in [4.78, 5) is 10.4. The molecule has 3 rings (SSSR count). The highest BCUT2D eigenvalue weighted by Gasteiger charge is 2.12. The molecule has 0 aliphatic carbocycles. The maximum atomic E-state index is 12.0. The minimum atomic E-state index is -2.24. The number of nitrogens with one attached hydrogen (secondary N) is 1. The van der Waals surface area contributed by atoms with Crippen LogP contribution in [0.1, 0.15) is 0 Å². The molecule has 0 spiro atoms. The molecule has 2 N–H and O–H groups in total. The third-order valence-corrected chi connectivity index (χ3v) is 5.65. The van der Waals surface area contributed by atoms with Gasteiger partial charge in [-0.1, -0.05) is 6.07 Å². The Hall–Kier alpha value is -2.42. The Bertz CT molecular complexity index is 969. The fourth-order valence-corrected chi connectivity index (χ4v) is 3.67. The average Bonchev–Trinajstić information content (AvgIpc) is 3.14. The minimum absolute atomic E-state index is 0.0978. The van der Waals surface area contributed by atoms with Crippen molar-refractivity contribution >= 4 is 38.4 Å². The highest BCUT2D eigenvalue weighted by atomic mass is 32.2. The number of nitrogens with zero attached hydrogens (tertiary/aromatic N) is 2. The van der Waals surface area contributed by atoms with E-state index in [-0.39, 0.29) is 13.2 Å². The largest absolute Gasteiger partial charge is 0.475 e. The maximum Gasteiger partial charge on any atom is 0.230 e. The predicted octanol–water partition coefficient (Wildman–Crippen LogP) is 3.02. The monoisotopic (exact) mass is 389 g/mol. The lowest BCUT2D eigenvalue weighted by Gasteiger charge is -2.11. The summed E-state index contributed by atoms with van der Waals surface area (Å²) in [6.45, 7) is 0.0529. The summed E-state index contributed by atoms with van der Waals surface area (Å²) in [6.07, 6.45) is 3.30. The Morgan fingerprint density at radius 3 is 2.69 bits per heavy atom. The molecule has 8 heteroatoms. The van der Waals surface area contributed by atoms with Crippen molar-refractivity contribution in [2.24, 2.45) is 0 Å². The Morgan fingerprint density at radius 2 is 2.08 bits per heavy atom. The van der Waals surface area contributed by atoms with Crippen molar-refractivity contribution in [3.8, 4) is 16.3 Å². The number of benzene rings is 1. The molecule has 0 amide bonds. The summed E-state index contributed by atoms with van der Waals surface area (Å²) < 4.78 is 17.5. The van der Waals surface area contributed by atoms with Crippen LogP contribution in [0.4, 0.5) is 11.6 Å². The number of hydrogen-bond acceptors (Lipinski definition) is 7. The first kappa shape index (κ1) is 18.4. The van der Waals surface area contributed by atoms with Crippen LogP contribution >= 0.6 is 11.3 Å². The van der Waals surface area contributed by atoms with Gasteiger partial charge < -0.3 is 15.2 Å². The molecule has 2 heterocycles. The van der Waals surface area contributed by atoms with Gasteiger partial charge in [0.2, 0.25) is 11.8 Å². The van der Waals surface area contributed by atoms with E-state index < -0.39 is 9.52 Å². The van der Waals surface area contributed by atoms with Gasteiger partial charge in [-0.05, 0) is 51.1 Å². The third kappa shape index (κ3) is 4.40. The molecule has 1 atom stereocenters. The van der Waals surface area contributed by atoms with Gasteiger partial charge in [0.1, 0.15) is 6.61 Å². The Morgan fingerprint density at radius 1 is 1.31 bits per heavy atom. The molecule has 0 bridgehead atoms. The van der Waals surface area contributed by atoms with Crippen molar-refractivity contribution in [3.63, 3.8) is 0 Å². The number of aromatic nitrogens is 2. The summed E-state index contributed by atoms with van der Waals surface area (Å²) in [5, 5.41) is 14.1. The molecule has 0 saturated heterocycles. The number of aliphatic hydroxyl groups excluding tert-OH is 1. The van der Waals surface area contributed by atoms with Crippen molar-refractivity contribution in [3.05, 3.63) is 48.0 Å². The van der Waals surface area contributed by atoms with E-state index in [1.807, 2.05) is 17.5 Å². The molecule has 0 aliphatic rings. The quantitative estimate of drug-likeness (QED) is 0.604. The molecule has 6 nitrogen and oxygen atoms in total. The molecule has 0 saturated carbocycles. The van der Waals surface area contributed by atoms with Crippen molar-refractivity contribution in [1.29, 1.82) is 0 Å². The molecule has 0 fully saturated rings.